The Morgan fingerprint density at radius 1 is 1.50 bits per heavy atom. The molecule has 2 heterocycles. The Morgan fingerprint density at radius 3 is 3.10 bits per heavy atom. The molecule has 0 amide bonds. The van der Waals surface area contributed by atoms with Gasteiger partial charge < -0.3 is 5.32 Å². The Bertz CT molecular complexity index is 237. The molecule has 1 aromatic heterocycles. The Labute approximate surface area is 57.6 Å². The number of aromatic amines is 1. The predicted octanol–water partition coefficient (Wildman–Crippen LogP) is -0.846. The minimum Gasteiger partial charge on any atom is -0.367 e. The van der Waals surface area contributed by atoms with Gasteiger partial charge in [0.25, 0.3) is 0 Å². The highest BCUT2D eigenvalue weighted by Gasteiger charge is 2.08. The summed E-state index contributed by atoms with van der Waals surface area (Å²) in [6.45, 7) is 1.74. The highest BCUT2D eigenvalue weighted by Crippen LogP contribution is 1.94. The van der Waals surface area contributed by atoms with Crippen LogP contribution >= 0.6 is 0 Å². The van der Waals surface area contributed by atoms with Gasteiger partial charge in [0.15, 0.2) is 5.84 Å². The Morgan fingerprint density at radius 2 is 2.50 bits per heavy atom. The maximum atomic E-state index is 4.16. The Balaban J connectivity index is 2.28. The van der Waals surface area contributed by atoms with Gasteiger partial charge in [0.2, 0.25) is 0 Å². The van der Waals surface area contributed by atoms with Crippen LogP contribution in [0.25, 0.3) is 0 Å². The van der Waals surface area contributed by atoms with E-state index in [1.54, 1.807) is 6.20 Å². The van der Waals surface area contributed by atoms with Crippen molar-refractivity contribution in [1.29, 1.82) is 0 Å². The summed E-state index contributed by atoms with van der Waals surface area (Å²) in [6, 6.07) is 0. The van der Waals surface area contributed by atoms with E-state index in [9.17, 15) is 0 Å². The molecular formula is C5H7N5. The van der Waals surface area contributed by atoms with E-state index in [4.69, 9.17) is 0 Å². The van der Waals surface area contributed by atoms with Gasteiger partial charge in [0, 0.05) is 6.54 Å². The van der Waals surface area contributed by atoms with Gasteiger partial charge in [-0.25, -0.2) is 0 Å². The minimum atomic E-state index is 0.789. The van der Waals surface area contributed by atoms with Crippen molar-refractivity contribution >= 4 is 5.84 Å². The number of rotatable bonds is 1. The minimum absolute atomic E-state index is 0.789. The van der Waals surface area contributed by atoms with Crippen molar-refractivity contribution in [2.45, 2.75) is 0 Å². The summed E-state index contributed by atoms with van der Waals surface area (Å²) in [7, 11) is 0. The molecule has 5 nitrogen and oxygen atoms in total. The van der Waals surface area contributed by atoms with Crippen molar-refractivity contribution in [2.24, 2.45) is 4.99 Å². The third kappa shape index (κ3) is 0.754. The molecule has 2 rings (SSSR count). The number of hydrogen-bond donors (Lipinski definition) is 2. The first-order chi connectivity index (χ1) is 4.97. The maximum Gasteiger partial charge on any atom is 0.151 e. The van der Waals surface area contributed by atoms with Crippen molar-refractivity contribution < 1.29 is 0 Å². The lowest BCUT2D eigenvalue weighted by Crippen LogP contribution is -2.19. The zero-order valence-electron chi connectivity index (χ0n) is 5.33. The SMILES string of the molecule is c1n[nH]nc1C1=NCCN1. The molecule has 5 heteroatoms. The maximum absolute atomic E-state index is 4.16. The van der Waals surface area contributed by atoms with E-state index in [-0.39, 0.29) is 0 Å². The zero-order valence-corrected chi connectivity index (χ0v) is 5.33. The summed E-state index contributed by atoms with van der Waals surface area (Å²) in [5, 5.41) is 13.2. The van der Waals surface area contributed by atoms with Crippen LogP contribution in [-0.2, 0) is 0 Å². The summed E-state index contributed by atoms with van der Waals surface area (Å²) in [5.74, 6) is 0.841. The molecule has 52 valence electrons. The quantitative estimate of drug-likeness (QED) is 0.530. The molecule has 10 heavy (non-hydrogen) atoms. The van der Waals surface area contributed by atoms with E-state index >= 15 is 0 Å². The lowest BCUT2D eigenvalue weighted by atomic mass is 10.4. The van der Waals surface area contributed by atoms with Gasteiger partial charge in [-0.1, -0.05) is 0 Å². The number of hydrogen-bond acceptors (Lipinski definition) is 4. The van der Waals surface area contributed by atoms with Crippen LogP contribution in [0.15, 0.2) is 11.2 Å². The third-order valence-electron chi connectivity index (χ3n) is 1.33. The van der Waals surface area contributed by atoms with E-state index in [2.05, 4.69) is 25.7 Å². The van der Waals surface area contributed by atoms with Gasteiger partial charge in [-0.3, -0.25) is 4.99 Å². The molecule has 1 aliphatic rings. The molecule has 0 bridgehead atoms. The molecule has 0 radical (unpaired) electrons. The second kappa shape index (κ2) is 2.09. The fourth-order valence-electron chi connectivity index (χ4n) is 0.885. The molecule has 0 spiro atoms. The van der Waals surface area contributed by atoms with Crippen LogP contribution in [0.3, 0.4) is 0 Å². The first-order valence-electron chi connectivity index (χ1n) is 3.11. The Hall–Kier alpha value is -1.39. The van der Waals surface area contributed by atoms with Crippen molar-refractivity contribution in [3.8, 4) is 0 Å². The summed E-state index contributed by atoms with van der Waals surface area (Å²) >= 11 is 0. The molecule has 0 saturated heterocycles. The largest absolute Gasteiger partial charge is 0.367 e. The highest BCUT2D eigenvalue weighted by molar-refractivity contribution is 5.97. The van der Waals surface area contributed by atoms with E-state index in [0.29, 0.717) is 0 Å². The second-order valence-corrected chi connectivity index (χ2v) is 2.01. The normalized spacial score (nSPS) is 16.6. The average molecular weight is 137 g/mol. The monoisotopic (exact) mass is 137 g/mol. The topological polar surface area (TPSA) is 66.0 Å². The number of amidine groups is 1. The molecule has 1 aliphatic heterocycles. The van der Waals surface area contributed by atoms with Crippen LogP contribution in [0.5, 0.6) is 0 Å². The lowest BCUT2D eigenvalue weighted by molar-refractivity contribution is 0.930. The van der Waals surface area contributed by atoms with Gasteiger partial charge in [0.1, 0.15) is 5.69 Å². The van der Waals surface area contributed by atoms with Crippen LogP contribution in [0.1, 0.15) is 5.69 Å². The molecule has 0 fully saturated rings. The number of nitrogens with zero attached hydrogens (tertiary/aromatic N) is 3. The molecule has 0 aliphatic carbocycles. The fraction of sp³-hybridized carbons (Fsp3) is 0.400. The van der Waals surface area contributed by atoms with E-state index in [1.807, 2.05) is 0 Å². The van der Waals surface area contributed by atoms with Gasteiger partial charge in [-0.15, -0.1) is 0 Å². The number of aromatic nitrogens is 3. The van der Waals surface area contributed by atoms with Crippen LogP contribution < -0.4 is 5.32 Å². The van der Waals surface area contributed by atoms with Gasteiger partial charge >= 0.3 is 0 Å². The lowest BCUT2D eigenvalue weighted by Gasteiger charge is -1.92. The summed E-state index contributed by atoms with van der Waals surface area (Å²) in [4.78, 5) is 4.16. The van der Waals surface area contributed by atoms with Crippen molar-refractivity contribution in [1.82, 2.24) is 20.7 Å². The molecular weight excluding hydrogens is 130 g/mol. The molecule has 0 unspecified atom stereocenters. The van der Waals surface area contributed by atoms with E-state index < -0.39 is 0 Å². The number of H-pyrrole nitrogens is 1. The number of nitrogens with one attached hydrogen (secondary N) is 2. The van der Waals surface area contributed by atoms with Gasteiger partial charge in [-0.05, 0) is 0 Å². The molecule has 2 N–H and O–H groups in total. The molecule has 0 saturated carbocycles. The zero-order chi connectivity index (χ0) is 6.81. The van der Waals surface area contributed by atoms with Crippen LogP contribution in [-0.4, -0.2) is 34.3 Å². The van der Waals surface area contributed by atoms with E-state index in [1.165, 1.54) is 0 Å². The second-order valence-electron chi connectivity index (χ2n) is 2.01. The molecule has 1 aromatic rings. The molecule has 0 aromatic carbocycles. The predicted molar refractivity (Wildman–Crippen MR) is 35.8 cm³/mol. The first-order valence-corrected chi connectivity index (χ1v) is 3.11. The number of aliphatic imine (C=N–C) groups is 1. The van der Waals surface area contributed by atoms with Crippen LogP contribution in [0.4, 0.5) is 0 Å². The average Bonchev–Trinajstić information content (AvgIpc) is 2.59. The van der Waals surface area contributed by atoms with Gasteiger partial charge in [-0.2, -0.15) is 15.4 Å². The van der Waals surface area contributed by atoms with Crippen molar-refractivity contribution in [3.63, 3.8) is 0 Å². The van der Waals surface area contributed by atoms with E-state index in [0.717, 1.165) is 24.6 Å². The third-order valence-corrected chi connectivity index (χ3v) is 1.33. The Kier molecular flexibility index (Phi) is 1.13. The fourth-order valence-corrected chi connectivity index (χ4v) is 0.885. The standard InChI is InChI=1S/C5H7N5/c1-2-7-5(6-1)4-3-8-10-9-4/h3H,1-2H2,(H,6,7)(H,8,9,10). The highest BCUT2D eigenvalue weighted by atomic mass is 15.3. The smallest absolute Gasteiger partial charge is 0.151 e. The summed E-state index contributed by atoms with van der Waals surface area (Å²) < 4.78 is 0. The van der Waals surface area contributed by atoms with Crippen LogP contribution in [0.2, 0.25) is 0 Å². The van der Waals surface area contributed by atoms with Crippen molar-refractivity contribution in [2.75, 3.05) is 13.1 Å². The molecule has 0 atom stereocenters. The summed E-state index contributed by atoms with van der Waals surface area (Å²) in [6.07, 6.45) is 1.65. The van der Waals surface area contributed by atoms with Crippen molar-refractivity contribution in [3.05, 3.63) is 11.9 Å². The van der Waals surface area contributed by atoms with Gasteiger partial charge in [0.05, 0.1) is 12.7 Å². The first kappa shape index (κ1) is 5.40. The summed E-state index contributed by atoms with van der Waals surface area (Å²) in [5.41, 5.74) is 0.789. The van der Waals surface area contributed by atoms with Crippen LogP contribution in [0, 0.1) is 0 Å².